The number of rotatable bonds is 0. The van der Waals surface area contributed by atoms with E-state index in [1.807, 2.05) is 0 Å². The van der Waals surface area contributed by atoms with Gasteiger partial charge >= 0.3 is 0 Å². The molecule has 4 saturated carbocycles. The van der Waals surface area contributed by atoms with Crippen molar-refractivity contribution >= 4 is 11.6 Å². The molecule has 8 atom stereocenters. The van der Waals surface area contributed by atoms with Crippen molar-refractivity contribution in [2.24, 2.45) is 34.5 Å². The zero-order chi connectivity index (χ0) is 15.3. The first-order valence-electron chi connectivity index (χ1n) is 9.17. The molecule has 3 heteroatoms. The van der Waals surface area contributed by atoms with E-state index in [9.17, 15) is 9.59 Å². The van der Waals surface area contributed by atoms with Gasteiger partial charge in [-0.3, -0.25) is 9.59 Å². The van der Waals surface area contributed by atoms with Crippen molar-refractivity contribution < 1.29 is 14.3 Å². The molecule has 1 saturated heterocycles. The van der Waals surface area contributed by atoms with E-state index in [4.69, 9.17) is 4.74 Å². The Bertz CT molecular complexity index is 569. The highest BCUT2D eigenvalue weighted by molar-refractivity contribution is 5.88. The minimum absolute atomic E-state index is 0.0430. The van der Waals surface area contributed by atoms with Crippen LogP contribution in [0.1, 0.15) is 58.8 Å². The molecule has 120 valence electrons. The number of Topliss-reactive ketones (excluding diaryl/α,β-unsaturated/α-hetero) is 2. The predicted octanol–water partition coefficient (Wildman–Crippen LogP) is 3.15. The molecule has 0 aromatic carbocycles. The number of carbonyl (C=O) groups excluding carboxylic acids is 2. The van der Waals surface area contributed by atoms with Crippen LogP contribution in [0.2, 0.25) is 0 Å². The van der Waals surface area contributed by atoms with Crippen molar-refractivity contribution in [2.75, 3.05) is 0 Å². The third-order valence-corrected chi connectivity index (χ3v) is 8.54. The highest BCUT2D eigenvalue weighted by Crippen LogP contribution is 2.67. The third kappa shape index (κ3) is 1.43. The number of ether oxygens (including phenoxy) is 1. The van der Waals surface area contributed by atoms with Gasteiger partial charge in [-0.1, -0.05) is 13.8 Å². The fourth-order valence-corrected chi connectivity index (χ4v) is 7.20. The number of ketones is 2. The van der Waals surface area contributed by atoms with E-state index >= 15 is 0 Å². The molecule has 1 aliphatic heterocycles. The van der Waals surface area contributed by atoms with E-state index in [2.05, 4.69) is 13.8 Å². The van der Waals surface area contributed by atoms with Crippen LogP contribution in [0.4, 0.5) is 0 Å². The van der Waals surface area contributed by atoms with Crippen LogP contribution >= 0.6 is 0 Å². The van der Waals surface area contributed by atoms with Crippen molar-refractivity contribution in [1.82, 2.24) is 0 Å². The molecule has 0 radical (unpaired) electrons. The summed E-state index contributed by atoms with van der Waals surface area (Å²) in [7, 11) is 0. The first-order chi connectivity index (χ1) is 10.5. The second-order valence-corrected chi connectivity index (χ2v) is 9.08. The molecule has 0 aromatic rings. The average molecular weight is 302 g/mol. The lowest BCUT2D eigenvalue weighted by atomic mass is 9.45. The maximum Gasteiger partial charge on any atom is 0.164 e. The Hall–Kier alpha value is -0.700. The second-order valence-electron chi connectivity index (χ2n) is 9.08. The molecule has 5 aliphatic rings. The van der Waals surface area contributed by atoms with E-state index in [0.29, 0.717) is 35.2 Å². The van der Waals surface area contributed by atoms with E-state index in [0.717, 1.165) is 38.5 Å². The largest absolute Gasteiger partial charge is 0.361 e. The van der Waals surface area contributed by atoms with E-state index in [1.165, 1.54) is 6.42 Å². The molecule has 0 N–H and O–H groups in total. The minimum Gasteiger partial charge on any atom is -0.361 e. The van der Waals surface area contributed by atoms with E-state index < -0.39 is 0 Å². The molecule has 0 amide bonds. The highest BCUT2D eigenvalue weighted by Gasteiger charge is 2.69. The number of carbonyl (C=O) groups is 2. The topological polar surface area (TPSA) is 46.7 Å². The smallest absolute Gasteiger partial charge is 0.164 e. The number of fused-ring (bicyclic) bond motifs is 7. The summed E-state index contributed by atoms with van der Waals surface area (Å²) in [6.07, 6.45) is 7.35. The SMILES string of the molecule is C[C@]12[C@@H](CC[C@H]3[C@H]1CC[C@]1(C)C(=O)CC[C@H]31)CC(=O)[C@H]1O[C@@H]12. The van der Waals surface area contributed by atoms with Gasteiger partial charge in [0.25, 0.3) is 0 Å². The van der Waals surface area contributed by atoms with Crippen molar-refractivity contribution in [3.05, 3.63) is 0 Å². The minimum atomic E-state index is -0.0847. The molecule has 1 heterocycles. The van der Waals surface area contributed by atoms with Gasteiger partial charge in [0.2, 0.25) is 0 Å². The van der Waals surface area contributed by atoms with Gasteiger partial charge < -0.3 is 4.74 Å². The Morgan fingerprint density at radius 3 is 2.68 bits per heavy atom. The lowest BCUT2D eigenvalue weighted by molar-refractivity contribution is -0.141. The Morgan fingerprint density at radius 2 is 1.86 bits per heavy atom. The van der Waals surface area contributed by atoms with Gasteiger partial charge in [-0.05, 0) is 55.8 Å². The summed E-state index contributed by atoms with van der Waals surface area (Å²) in [6.45, 7) is 4.64. The van der Waals surface area contributed by atoms with Gasteiger partial charge in [0.05, 0.1) is 6.10 Å². The van der Waals surface area contributed by atoms with Crippen LogP contribution < -0.4 is 0 Å². The average Bonchev–Trinajstić information content (AvgIpc) is 3.24. The Balaban J connectivity index is 1.51. The molecule has 5 rings (SSSR count). The van der Waals surface area contributed by atoms with Crippen molar-refractivity contribution in [2.45, 2.75) is 71.0 Å². The van der Waals surface area contributed by atoms with Gasteiger partial charge in [-0.15, -0.1) is 0 Å². The standard InChI is InChI=1S/C19H26O3/c1-18-8-7-13-11(12(18)5-6-15(18)21)4-3-10-9-14(20)16-17(22-16)19(10,13)2/h10-13,16-17H,3-9H2,1-2H3/t10-,11+,12+,13+,16+,17-,18-,19-/m0/s1. The molecular weight excluding hydrogens is 276 g/mol. The lowest BCUT2D eigenvalue weighted by Gasteiger charge is -2.58. The third-order valence-electron chi connectivity index (χ3n) is 8.54. The molecule has 0 spiro atoms. The molecule has 3 nitrogen and oxygen atoms in total. The maximum atomic E-state index is 12.4. The summed E-state index contributed by atoms with van der Waals surface area (Å²) >= 11 is 0. The summed E-state index contributed by atoms with van der Waals surface area (Å²) in [5.74, 6) is 3.32. The van der Waals surface area contributed by atoms with Crippen molar-refractivity contribution in [3.8, 4) is 0 Å². The lowest BCUT2D eigenvalue weighted by Crippen LogP contribution is -2.56. The van der Waals surface area contributed by atoms with Gasteiger partial charge in [-0.25, -0.2) is 0 Å². The van der Waals surface area contributed by atoms with Crippen LogP contribution in [0.25, 0.3) is 0 Å². The van der Waals surface area contributed by atoms with Crippen LogP contribution in [0.15, 0.2) is 0 Å². The molecule has 0 bridgehead atoms. The van der Waals surface area contributed by atoms with Gasteiger partial charge in [0, 0.05) is 23.7 Å². The first-order valence-corrected chi connectivity index (χ1v) is 9.17. The number of hydrogen-bond acceptors (Lipinski definition) is 3. The zero-order valence-electron chi connectivity index (χ0n) is 13.6. The Labute approximate surface area is 132 Å². The first kappa shape index (κ1) is 13.7. The monoisotopic (exact) mass is 302 g/mol. The summed E-state index contributed by atoms with van der Waals surface area (Å²) < 4.78 is 5.85. The predicted molar refractivity (Wildman–Crippen MR) is 81.2 cm³/mol. The van der Waals surface area contributed by atoms with Crippen LogP contribution in [-0.2, 0) is 14.3 Å². The summed E-state index contributed by atoms with van der Waals surface area (Å²) in [5, 5.41) is 0. The number of hydrogen-bond donors (Lipinski definition) is 0. The van der Waals surface area contributed by atoms with E-state index in [-0.39, 0.29) is 23.0 Å². The maximum absolute atomic E-state index is 12.4. The van der Waals surface area contributed by atoms with Gasteiger partial charge in [-0.2, -0.15) is 0 Å². The molecule has 0 unspecified atom stereocenters. The molecule has 22 heavy (non-hydrogen) atoms. The Kier molecular flexibility index (Phi) is 2.51. The molecule has 0 aromatic heterocycles. The van der Waals surface area contributed by atoms with Crippen molar-refractivity contribution in [3.63, 3.8) is 0 Å². The van der Waals surface area contributed by atoms with Crippen LogP contribution in [0.5, 0.6) is 0 Å². The van der Waals surface area contributed by atoms with Crippen LogP contribution in [0.3, 0.4) is 0 Å². The zero-order valence-corrected chi connectivity index (χ0v) is 13.6. The molecule has 5 fully saturated rings. The molecular formula is C19H26O3. The quantitative estimate of drug-likeness (QED) is 0.646. The van der Waals surface area contributed by atoms with E-state index in [1.54, 1.807) is 0 Å². The van der Waals surface area contributed by atoms with Crippen molar-refractivity contribution in [1.29, 1.82) is 0 Å². The fourth-order valence-electron chi connectivity index (χ4n) is 7.20. The summed E-state index contributed by atoms with van der Waals surface area (Å²) in [6, 6.07) is 0. The van der Waals surface area contributed by atoms with Crippen LogP contribution in [-0.4, -0.2) is 23.8 Å². The van der Waals surface area contributed by atoms with Gasteiger partial charge in [0.1, 0.15) is 11.9 Å². The Morgan fingerprint density at radius 1 is 1.05 bits per heavy atom. The van der Waals surface area contributed by atoms with Gasteiger partial charge in [0.15, 0.2) is 5.78 Å². The summed E-state index contributed by atoms with van der Waals surface area (Å²) in [5.41, 5.74) is 0.146. The second kappa shape index (κ2) is 4.03. The molecule has 4 aliphatic carbocycles. The normalized spacial score (nSPS) is 59.4. The summed E-state index contributed by atoms with van der Waals surface area (Å²) in [4.78, 5) is 24.5. The fraction of sp³-hybridized carbons (Fsp3) is 0.895. The highest BCUT2D eigenvalue weighted by atomic mass is 16.6. The number of epoxide rings is 1. The van der Waals surface area contributed by atoms with Crippen LogP contribution in [0, 0.1) is 34.5 Å².